The molecule has 0 bridgehead atoms. The van der Waals surface area contributed by atoms with Gasteiger partial charge < -0.3 is 39.9 Å². The Morgan fingerprint density at radius 3 is 2.03 bits per heavy atom. The maximum atomic E-state index is 14.0. The number of nitrogens with zero attached hydrogens (tertiary/aromatic N) is 4. The van der Waals surface area contributed by atoms with Crippen molar-refractivity contribution in [3.8, 4) is 22.4 Å². The molecular formula is C45H53ClN8O6. The largest absolute Gasteiger partial charge is 0.453 e. The molecule has 316 valence electrons. The normalized spacial score (nSPS) is 23.2. The summed E-state index contributed by atoms with van der Waals surface area (Å²) in [6.45, 7) is 12.5. The zero-order valence-corrected chi connectivity index (χ0v) is 36.0. The van der Waals surface area contributed by atoms with Crippen LogP contribution in [0.2, 0.25) is 5.15 Å². The minimum absolute atomic E-state index is 0.0842. The number of ether oxygens (including phenoxy) is 2. The average Bonchev–Trinajstić information content (AvgIpc) is 3.80. The summed E-state index contributed by atoms with van der Waals surface area (Å²) < 4.78 is 9.63. The molecule has 4 N–H and O–H groups in total. The number of alkyl carbamates (subject to hydrolysis) is 2. The number of fused-ring (bicyclic) bond motifs is 4. The maximum Gasteiger partial charge on any atom is 0.407 e. The molecule has 8 atom stereocenters. The first kappa shape index (κ1) is 41.1. The zero-order chi connectivity index (χ0) is 42.7. The first-order valence-electron chi connectivity index (χ1n) is 20.8. The number of imidazole rings is 2. The number of aromatic amines is 2. The lowest BCUT2D eigenvalue weighted by Gasteiger charge is -2.32. The van der Waals surface area contributed by atoms with Crippen molar-refractivity contribution < 1.29 is 28.7 Å². The highest BCUT2D eigenvalue weighted by Crippen LogP contribution is 2.58. The van der Waals surface area contributed by atoms with E-state index in [0.717, 1.165) is 57.2 Å². The number of hydrogen-bond donors (Lipinski definition) is 4. The molecule has 3 aliphatic rings. The van der Waals surface area contributed by atoms with Gasteiger partial charge in [-0.2, -0.15) is 0 Å². The van der Waals surface area contributed by atoms with Gasteiger partial charge in [-0.3, -0.25) is 9.59 Å². The quantitative estimate of drug-likeness (QED) is 0.109. The number of amides is 4. The third kappa shape index (κ3) is 7.43. The molecule has 2 aliphatic heterocycles. The number of rotatable bonds is 10. The van der Waals surface area contributed by atoms with Crippen molar-refractivity contribution in [2.45, 2.75) is 84.6 Å². The molecule has 60 heavy (non-hydrogen) atoms. The molecule has 5 aromatic rings. The minimum Gasteiger partial charge on any atom is -0.453 e. The molecule has 8 rings (SSSR count). The van der Waals surface area contributed by atoms with Crippen LogP contribution in [0.5, 0.6) is 0 Å². The van der Waals surface area contributed by atoms with Crippen molar-refractivity contribution >= 4 is 57.4 Å². The first-order chi connectivity index (χ1) is 28.7. The standard InChI is InChI=1S/C45H53ClN8O6/c1-21(2)34(50-44(57)59-7)42(55)53-20-23(5)17-32(53)40-47-31-16-14-28-18-27(13-15-29(28)37(31)49-40)25-9-11-26(12-10-25)36-39(46)52-41(48-36)33-19-30-24(6)38(30)54(33)43(56)35(22(3)4)51-45(58)60-8/h9-16,18,21-24,30,32-35,38H,17,19-20H2,1-8H3,(H,47,49)(H,48,52)(H,50,57)(H,51,58)/t23-,24+,30?,32-,33-,34-,35?,38?/m0/s1. The second-order valence-electron chi connectivity index (χ2n) is 17.5. The summed E-state index contributed by atoms with van der Waals surface area (Å²) in [5.74, 6) is 1.80. The molecule has 0 spiro atoms. The van der Waals surface area contributed by atoms with E-state index in [1.54, 1.807) is 0 Å². The second-order valence-corrected chi connectivity index (χ2v) is 17.8. The number of carbonyl (C=O) groups excluding carboxylic acids is 4. The van der Waals surface area contributed by atoms with E-state index < -0.39 is 24.3 Å². The van der Waals surface area contributed by atoms with E-state index in [1.807, 2.05) is 67.8 Å². The fourth-order valence-electron chi connectivity index (χ4n) is 9.44. The van der Waals surface area contributed by atoms with Gasteiger partial charge in [-0.25, -0.2) is 19.6 Å². The van der Waals surface area contributed by atoms with Gasteiger partial charge in [0.05, 0.1) is 37.3 Å². The van der Waals surface area contributed by atoms with Crippen LogP contribution in [0, 0.1) is 29.6 Å². The predicted octanol–water partition coefficient (Wildman–Crippen LogP) is 8.01. The van der Waals surface area contributed by atoms with E-state index in [0.29, 0.717) is 35.1 Å². The summed E-state index contributed by atoms with van der Waals surface area (Å²) in [5, 5.41) is 7.89. The highest BCUT2D eigenvalue weighted by Gasteiger charge is 2.61. The smallest absolute Gasteiger partial charge is 0.407 e. The van der Waals surface area contributed by atoms with Crippen LogP contribution in [0.15, 0.2) is 54.6 Å². The van der Waals surface area contributed by atoms with Crippen LogP contribution in [-0.2, 0) is 19.1 Å². The second kappa shape index (κ2) is 16.1. The zero-order valence-electron chi connectivity index (χ0n) is 35.2. The van der Waals surface area contributed by atoms with Crippen molar-refractivity contribution in [2.24, 2.45) is 29.6 Å². The van der Waals surface area contributed by atoms with Crippen LogP contribution in [0.25, 0.3) is 44.2 Å². The lowest BCUT2D eigenvalue weighted by molar-refractivity contribution is -0.137. The van der Waals surface area contributed by atoms with Crippen molar-refractivity contribution in [2.75, 3.05) is 20.8 Å². The molecule has 3 aromatic carbocycles. The van der Waals surface area contributed by atoms with E-state index in [2.05, 4.69) is 58.7 Å². The molecule has 3 fully saturated rings. The van der Waals surface area contributed by atoms with Crippen molar-refractivity contribution in [3.05, 3.63) is 71.4 Å². The van der Waals surface area contributed by atoms with E-state index in [-0.39, 0.29) is 47.7 Å². The van der Waals surface area contributed by atoms with Gasteiger partial charge in [0.1, 0.15) is 34.6 Å². The van der Waals surface area contributed by atoms with Gasteiger partial charge in [-0.15, -0.1) is 0 Å². The predicted molar refractivity (Wildman–Crippen MR) is 229 cm³/mol. The van der Waals surface area contributed by atoms with Crippen molar-refractivity contribution in [1.29, 1.82) is 0 Å². The summed E-state index contributed by atoms with van der Waals surface area (Å²) in [4.78, 5) is 72.7. The Hall–Kier alpha value is -5.63. The third-order valence-corrected chi connectivity index (χ3v) is 13.1. The molecule has 2 aromatic heterocycles. The summed E-state index contributed by atoms with van der Waals surface area (Å²) in [7, 11) is 2.58. The van der Waals surface area contributed by atoms with E-state index in [9.17, 15) is 19.2 Å². The summed E-state index contributed by atoms with van der Waals surface area (Å²) in [6, 6.07) is 16.6. The number of likely N-dealkylation sites (tertiary alicyclic amines) is 2. The molecule has 4 amide bonds. The number of piperidine rings is 1. The number of benzene rings is 3. The molecular weight excluding hydrogens is 784 g/mol. The average molecular weight is 837 g/mol. The molecule has 4 heterocycles. The first-order valence-corrected chi connectivity index (χ1v) is 21.2. The van der Waals surface area contributed by atoms with Crippen molar-refractivity contribution in [1.82, 2.24) is 40.4 Å². The van der Waals surface area contributed by atoms with Crippen LogP contribution in [0.4, 0.5) is 9.59 Å². The number of H-pyrrole nitrogens is 2. The Morgan fingerprint density at radius 1 is 0.767 bits per heavy atom. The Morgan fingerprint density at radius 2 is 1.38 bits per heavy atom. The Labute approximate surface area is 354 Å². The van der Waals surface area contributed by atoms with Gasteiger partial charge >= 0.3 is 12.2 Å². The van der Waals surface area contributed by atoms with E-state index in [4.69, 9.17) is 31.0 Å². The van der Waals surface area contributed by atoms with E-state index >= 15 is 0 Å². The number of carbonyl (C=O) groups is 4. The fourth-order valence-corrected chi connectivity index (χ4v) is 9.69. The number of halogens is 1. The number of nitrogens with one attached hydrogen (secondary N) is 4. The molecule has 1 aliphatic carbocycles. The van der Waals surface area contributed by atoms with Crippen LogP contribution in [0.3, 0.4) is 0 Å². The SMILES string of the molecule is COC(=O)NC(C(=O)N1C2C(C[C@H]1c1nc(-c3ccc(-c4ccc5c(ccc6[nH]c([C@@H]7C[C@H](C)CN7C(=O)[C@@H](NC(=O)OC)C(C)C)nc65)c4)cc3)c(Cl)[nH]1)[C@H]2C)C(C)C. The Bertz CT molecular complexity index is 2460. The van der Waals surface area contributed by atoms with Gasteiger partial charge in [-0.1, -0.05) is 95.6 Å². The monoisotopic (exact) mass is 836 g/mol. The summed E-state index contributed by atoms with van der Waals surface area (Å²) >= 11 is 6.81. The molecule has 0 radical (unpaired) electrons. The van der Waals surface area contributed by atoms with Crippen LogP contribution < -0.4 is 10.6 Å². The van der Waals surface area contributed by atoms with Gasteiger partial charge in [-0.05, 0) is 71.1 Å². The summed E-state index contributed by atoms with van der Waals surface area (Å²) in [5.41, 5.74) is 5.23. The lowest BCUT2D eigenvalue weighted by atomic mass is 9.99. The molecule has 3 unspecified atom stereocenters. The van der Waals surface area contributed by atoms with Crippen LogP contribution >= 0.6 is 11.6 Å². The third-order valence-electron chi connectivity index (χ3n) is 12.8. The van der Waals surface area contributed by atoms with Crippen molar-refractivity contribution in [3.63, 3.8) is 0 Å². The van der Waals surface area contributed by atoms with Crippen LogP contribution in [-0.4, -0.2) is 92.6 Å². The molecule has 2 saturated heterocycles. The molecule has 1 saturated carbocycles. The van der Waals surface area contributed by atoms with E-state index in [1.165, 1.54) is 14.2 Å². The Balaban J connectivity index is 1.02. The topological polar surface area (TPSA) is 175 Å². The van der Waals surface area contributed by atoms with Gasteiger partial charge in [0.2, 0.25) is 11.8 Å². The number of methoxy groups -OCH3 is 2. The van der Waals surface area contributed by atoms with Gasteiger partial charge in [0.15, 0.2) is 0 Å². The molecule has 15 heteroatoms. The van der Waals surface area contributed by atoms with Gasteiger partial charge in [0.25, 0.3) is 0 Å². The van der Waals surface area contributed by atoms with Gasteiger partial charge in [0, 0.05) is 23.5 Å². The minimum atomic E-state index is -0.729. The summed E-state index contributed by atoms with van der Waals surface area (Å²) in [6.07, 6.45) is 0.256. The maximum absolute atomic E-state index is 14.0. The van der Waals surface area contributed by atoms with Crippen LogP contribution in [0.1, 0.15) is 78.1 Å². The number of hydrogen-bond acceptors (Lipinski definition) is 8. The highest BCUT2D eigenvalue weighted by molar-refractivity contribution is 6.32. The molecule has 14 nitrogen and oxygen atoms in total. The fraction of sp³-hybridized carbons (Fsp3) is 0.467. The number of aromatic nitrogens is 4. The lowest BCUT2D eigenvalue weighted by Crippen LogP contribution is -2.52. The highest BCUT2D eigenvalue weighted by atomic mass is 35.5. The Kier molecular flexibility index (Phi) is 11.0.